The van der Waals surface area contributed by atoms with Gasteiger partial charge in [0, 0.05) is 0 Å². The van der Waals surface area contributed by atoms with Gasteiger partial charge < -0.3 is 0 Å². The van der Waals surface area contributed by atoms with Gasteiger partial charge in [-0.05, 0) is 147 Å². The number of rotatable bonds is 2. The normalized spacial score (nSPS) is 12.4. The van der Waals surface area contributed by atoms with Gasteiger partial charge in [0.2, 0.25) is 0 Å². The summed E-state index contributed by atoms with van der Waals surface area (Å²) in [5.41, 5.74) is 7.62. The molecule has 0 atom stereocenters. The Morgan fingerprint density at radius 1 is 0.229 bits per heavy atom. The van der Waals surface area contributed by atoms with Crippen LogP contribution in [0.4, 0.5) is 0 Å². The van der Waals surface area contributed by atoms with E-state index in [2.05, 4.69) is 159 Å². The van der Waals surface area contributed by atoms with E-state index in [1.807, 2.05) is 0 Å². The van der Waals surface area contributed by atoms with Gasteiger partial charge in [-0.2, -0.15) is 0 Å². The molecule has 0 fully saturated rings. The van der Waals surface area contributed by atoms with Crippen molar-refractivity contribution in [2.24, 2.45) is 0 Å². The average Bonchev–Trinajstić information content (AvgIpc) is 3.62. The first-order valence-corrected chi connectivity index (χ1v) is 16.9. The molecule has 0 bridgehead atoms. The summed E-state index contributed by atoms with van der Waals surface area (Å²) in [6.07, 6.45) is 0. The van der Waals surface area contributed by atoms with Crippen LogP contribution in [0.2, 0.25) is 0 Å². The van der Waals surface area contributed by atoms with Gasteiger partial charge in [-0.25, -0.2) is 0 Å². The molecule has 0 aliphatic heterocycles. The molecule has 11 rings (SSSR count). The van der Waals surface area contributed by atoms with Gasteiger partial charge in [-0.15, -0.1) is 0 Å². The average molecular weight is 607 g/mol. The Morgan fingerprint density at radius 3 is 0.917 bits per heavy atom. The first-order chi connectivity index (χ1) is 23.6. The zero-order valence-corrected chi connectivity index (χ0v) is 26.9. The zero-order chi connectivity index (χ0) is 31.7. The van der Waals surface area contributed by atoms with Crippen LogP contribution in [0.3, 0.4) is 0 Å². The van der Waals surface area contributed by atoms with E-state index in [4.69, 9.17) is 0 Å². The molecule has 0 unspecified atom stereocenters. The lowest BCUT2D eigenvalue weighted by Crippen LogP contribution is -1.84. The van der Waals surface area contributed by atoms with Gasteiger partial charge in [0.1, 0.15) is 0 Å². The van der Waals surface area contributed by atoms with Crippen molar-refractivity contribution in [3.05, 3.63) is 157 Å². The highest BCUT2D eigenvalue weighted by Gasteiger charge is 2.19. The molecule has 11 aromatic carbocycles. The summed E-state index contributed by atoms with van der Waals surface area (Å²) in [5.74, 6) is 0. The fraction of sp³-hybridized carbons (Fsp3) is 0.0417. The number of benzene rings is 9. The Kier molecular flexibility index (Phi) is 5.07. The monoisotopic (exact) mass is 606 g/mol. The maximum atomic E-state index is 2.50. The molecule has 0 heteroatoms. The zero-order valence-electron chi connectivity index (χ0n) is 26.9. The maximum absolute atomic E-state index is 2.50. The minimum absolute atomic E-state index is 1.26. The number of hydrogen-bond acceptors (Lipinski definition) is 0. The van der Waals surface area contributed by atoms with Crippen molar-refractivity contribution in [3.63, 3.8) is 0 Å². The van der Waals surface area contributed by atoms with Gasteiger partial charge in [0.15, 0.2) is 0 Å². The lowest BCUT2D eigenvalue weighted by molar-refractivity contribution is 1.47. The number of fused-ring (bicyclic) bond motifs is 11. The van der Waals surface area contributed by atoms with E-state index in [0.29, 0.717) is 0 Å². The molecule has 0 spiro atoms. The minimum Gasteiger partial charge on any atom is -0.0610 e. The lowest BCUT2D eigenvalue weighted by atomic mass is 9.91. The third kappa shape index (κ3) is 3.44. The highest BCUT2D eigenvalue weighted by Crippen LogP contribution is 2.47. The van der Waals surface area contributed by atoms with Gasteiger partial charge in [-0.3, -0.25) is 0 Å². The molecule has 0 nitrogen and oxygen atoms in total. The van der Waals surface area contributed by atoms with Crippen molar-refractivity contribution >= 4 is 86.2 Å². The Morgan fingerprint density at radius 2 is 0.542 bits per heavy atom. The van der Waals surface area contributed by atoms with Gasteiger partial charge >= 0.3 is 0 Å². The van der Waals surface area contributed by atoms with Crippen molar-refractivity contribution in [1.29, 1.82) is 0 Å². The van der Waals surface area contributed by atoms with Crippen LogP contribution >= 0.6 is 0 Å². The SMILES string of the molecule is Cc1ccc(-c2ccc3c(c2)c2cc4c5cc6c7cc(-c8ccc(C)cc8)ccc7c7cccc(c5ccc4c4cccc3c42)c76)cc1. The smallest absolute Gasteiger partial charge is 0.00199 e. The van der Waals surface area contributed by atoms with Crippen LogP contribution in [0.5, 0.6) is 0 Å². The van der Waals surface area contributed by atoms with Crippen LogP contribution < -0.4 is 0 Å². The summed E-state index contributed by atoms with van der Waals surface area (Å²) in [6.45, 7) is 4.30. The molecule has 0 N–H and O–H groups in total. The van der Waals surface area contributed by atoms with Crippen LogP contribution in [0.25, 0.3) is 108 Å². The lowest BCUT2D eigenvalue weighted by Gasteiger charge is -2.12. The highest BCUT2D eigenvalue weighted by molar-refractivity contribution is 6.40. The fourth-order valence-corrected chi connectivity index (χ4v) is 8.71. The van der Waals surface area contributed by atoms with E-state index in [0.717, 1.165) is 0 Å². The fourth-order valence-electron chi connectivity index (χ4n) is 8.71. The van der Waals surface area contributed by atoms with Crippen LogP contribution in [-0.4, -0.2) is 0 Å². The van der Waals surface area contributed by atoms with Crippen molar-refractivity contribution in [1.82, 2.24) is 0 Å². The van der Waals surface area contributed by atoms with Gasteiger partial charge in [0.25, 0.3) is 0 Å². The topological polar surface area (TPSA) is 0 Å². The van der Waals surface area contributed by atoms with Crippen LogP contribution in [0, 0.1) is 13.8 Å². The number of hydrogen-bond donors (Lipinski definition) is 0. The molecule has 0 amide bonds. The molecule has 0 saturated carbocycles. The molecule has 0 aromatic heterocycles. The van der Waals surface area contributed by atoms with E-state index in [1.165, 1.54) is 120 Å². The molecule has 0 heterocycles. The van der Waals surface area contributed by atoms with Crippen molar-refractivity contribution in [2.75, 3.05) is 0 Å². The van der Waals surface area contributed by atoms with Gasteiger partial charge in [-0.1, -0.05) is 132 Å². The second-order valence-corrected chi connectivity index (χ2v) is 13.8. The number of aryl methyl sites for hydroxylation is 2. The van der Waals surface area contributed by atoms with Crippen LogP contribution in [0.15, 0.2) is 146 Å². The van der Waals surface area contributed by atoms with E-state index in [9.17, 15) is 0 Å². The van der Waals surface area contributed by atoms with Crippen LogP contribution in [0.1, 0.15) is 11.1 Å². The summed E-state index contributed by atoms with van der Waals surface area (Å²) in [7, 11) is 0. The third-order valence-electron chi connectivity index (χ3n) is 11.1. The molecule has 0 aliphatic rings. The summed E-state index contributed by atoms with van der Waals surface area (Å²) in [4.78, 5) is 0. The van der Waals surface area contributed by atoms with E-state index in [-0.39, 0.29) is 0 Å². The molecule has 222 valence electrons. The first kappa shape index (κ1) is 26.1. The maximum Gasteiger partial charge on any atom is -0.00199 e. The van der Waals surface area contributed by atoms with E-state index >= 15 is 0 Å². The van der Waals surface area contributed by atoms with Gasteiger partial charge in [0.05, 0.1) is 0 Å². The minimum atomic E-state index is 1.26. The molecular weight excluding hydrogens is 577 g/mol. The second-order valence-electron chi connectivity index (χ2n) is 13.8. The summed E-state index contributed by atoms with van der Waals surface area (Å²) < 4.78 is 0. The molecule has 11 aromatic rings. The van der Waals surface area contributed by atoms with Crippen molar-refractivity contribution < 1.29 is 0 Å². The molecule has 0 aliphatic carbocycles. The van der Waals surface area contributed by atoms with E-state index in [1.54, 1.807) is 0 Å². The Hall–Kier alpha value is -5.98. The standard InChI is InChI=1S/C48H30/c1-27-9-13-29(14-10-27)31-17-19-33-37-5-3-7-39-35-21-22-36-40-8-4-6-38-34-20-18-32(30-15-11-28(2)12-16-30)24-42(34)46(48(38)40)26-44(36)43(35)25-45(47(37)39)41(33)23-31/h3-26H,1-2H3. The molecule has 0 saturated heterocycles. The summed E-state index contributed by atoms with van der Waals surface area (Å²) in [6, 6.07) is 55.3. The largest absolute Gasteiger partial charge is 0.0610 e. The second kappa shape index (κ2) is 9.31. The predicted molar refractivity (Wildman–Crippen MR) is 209 cm³/mol. The highest BCUT2D eigenvalue weighted by atomic mass is 14.2. The van der Waals surface area contributed by atoms with Crippen molar-refractivity contribution in [2.45, 2.75) is 13.8 Å². The first-order valence-electron chi connectivity index (χ1n) is 16.9. The third-order valence-corrected chi connectivity index (χ3v) is 11.1. The Bertz CT molecular complexity index is 2870. The Balaban J connectivity index is 1.26. The summed E-state index contributed by atoms with van der Waals surface area (Å²) in [5, 5.41) is 21.4. The molecular formula is C48H30. The predicted octanol–water partition coefficient (Wildman–Crippen LogP) is 13.7. The molecule has 48 heavy (non-hydrogen) atoms. The summed E-state index contributed by atoms with van der Waals surface area (Å²) >= 11 is 0. The molecule has 0 radical (unpaired) electrons. The Labute approximate surface area is 278 Å². The van der Waals surface area contributed by atoms with Crippen LogP contribution in [-0.2, 0) is 0 Å². The quantitative estimate of drug-likeness (QED) is 0.172. The van der Waals surface area contributed by atoms with Crippen molar-refractivity contribution in [3.8, 4) is 22.3 Å². The van der Waals surface area contributed by atoms with E-state index < -0.39 is 0 Å².